The topological polar surface area (TPSA) is 71.5 Å². The van der Waals surface area contributed by atoms with Crippen LogP contribution in [0.25, 0.3) is 0 Å². The number of carbonyl (C=O) groups excluding carboxylic acids is 1. The smallest absolute Gasteiger partial charge is 0.258 e. The summed E-state index contributed by atoms with van der Waals surface area (Å²) < 4.78 is 9.95. The van der Waals surface area contributed by atoms with Crippen LogP contribution >= 0.6 is 11.5 Å². The van der Waals surface area contributed by atoms with Crippen molar-refractivity contribution in [3.63, 3.8) is 0 Å². The van der Waals surface area contributed by atoms with E-state index in [1.807, 2.05) is 19.1 Å². The number of aromatic nitrogens is 1. The highest BCUT2D eigenvalue weighted by atomic mass is 32.1. The molecule has 0 spiro atoms. The van der Waals surface area contributed by atoms with Gasteiger partial charge in [0.1, 0.15) is 11.9 Å². The highest BCUT2D eigenvalue weighted by molar-refractivity contribution is 7.04. The Morgan fingerprint density at radius 3 is 2.70 bits per heavy atom. The van der Waals surface area contributed by atoms with Crippen LogP contribution in [0.2, 0.25) is 0 Å². The van der Waals surface area contributed by atoms with Crippen LogP contribution in [0.3, 0.4) is 0 Å². The molecule has 1 aromatic carbocycles. The van der Waals surface area contributed by atoms with Crippen LogP contribution in [0.5, 0.6) is 5.75 Å². The summed E-state index contributed by atoms with van der Waals surface area (Å²) >= 11 is 1.27. The van der Waals surface area contributed by atoms with Crippen LogP contribution in [0.4, 0.5) is 5.69 Å². The van der Waals surface area contributed by atoms with Crippen molar-refractivity contribution in [2.45, 2.75) is 44.8 Å². The van der Waals surface area contributed by atoms with Gasteiger partial charge in [-0.15, -0.1) is 0 Å². The van der Waals surface area contributed by atoms with Gasteiger partial charge in [0.2, 0.25) is 0 Å². The number of rotatable bonds is 4. The van der Waals surface area contributed by atoms with Crippen molar-refractivity contribution in [2.75, 3.05) is 5.32 Å². The lowest BCUT2D eigenvalue weighted by Gasteiger charge is -2.28. The third-order valence-corrected chi connectivity index (χ3v) is 4.78. The van der Waals surface area contributed by atoms with Gasteiger partial charge in [0.15, 0.2) is 0 Å². The number of hydrogen-bond acceptors (Lipinski definition) is 5. The highest BCUT2D eigenvalue weighted by Gasteiger charge is 2.24. The molecule has 2 atom stereocenters. The molecule has 0 bridgehead atoms. The van der Waals surface area contributed by atoms with Gasteiger partial charge in [0.05, 0.1) is 17.4 Å². The molecule has 6 heteroatoms. The second kappa shape index (κ2) is 7.10. The fourth-order valence-corrected chi connectivity index (χ4v) is 3.41. The molecule has 0 radical (unpaired) electrons. The van der Waals surface area contributed by atoms with E-state index in [1.165, 1.54) is 11.5 Å². The van der Waals surface area contributed by atoms with Crippen molar-refractivity contribution in [3.8, 4) is 5.75 Å². The highest BCUT2D eigenvalue weighted by Crippen LogP contribution is 2.25. The summed E-state index contributed by atoms with van der Waals surface area (Å²) in [7, 11) is 0. The van der Waals surface area contributed by atoms with Crippen molar-refractivity contribution in [1.29, 1.82) is 0 Å². The zero-order valence-electron chi connectivity index (χ0n) is 13.0. The molecule has 2 N–H and O–H groups in total. The lowest BCUT2D eigenvalue weighted by atomic mass is 9.95. The predicted octanol–water partition coefficient (Wildman–Crippen LogP) is 3.39. The summed E-state index contributed by atoms with van der Waals surface area (Å²) in [6, 6.07) is 7.24. The Morgan fingerprint density at radius 2 is 2.04 bits per heavy atom. The molecule has 122 valence electrons. The Kier molecular flexibility index (Phi) is 4.93. The standard InChI is InChI=1S/C17H20N2O3S/c1-11-14(10-23-19-11)17(21)18-12-6-8-13(9-7-12)22-16-5-3-2-4-15(16)20/h6-10,15-16,20H,2-5H2,1H3,(H,18,21). The van der Waals surface area contributed by atoms with Crippen molar-refractivity contribution < 1.29 is 14.6 Å². The zero-order chi connectivity index (χ0) is 16.2. The summed E-state index contributed by atoms with van der Waals surface area (Å²) in [4.78, 5) is 12.1. The van der Waals surface area contributed by atoms with Gasteiger partial charge in [-0.25, -0.2) is 0 Å². The second-order valence-electron chi connectivity index (χ2n) is 5.80. The predicted molar refractivity (Wildman–Crippen MR) is 90.1 cm³/mol. The molecule has 1 aromatic heterocycles. The monoisotopic (exact) mass is 332 g/mol. The SMILES string of the molecule is Cc1nscc1C(=O)Nc1ccc(OC2CCCCC2O)cc1. The van der Waals surface area contributed by atoms with Crippen molar-refractivity contribution >= 4 is 23.1 Å². The van der Waals surface area contributed by atoms with E-state index in [-0.39, 0.29) is 12.0 Å². The average Bonchev–Trinajstić information content (AvgIpc) is 2.98. The van der Waals surface area contributed by atoms with Crippen LogP contribution in [0.1, 0.15) is 41.7 Å². The van der Waals surface area contributed by atoms with E-state index in [1.54, 1.807) is 17.5 Å². The molecule has 3 rings (SSSR count). The first kappa shape index (κ1) is 16.0. The number of benzene rings is 1. The van der Waals surface area contributed by atoms with Gasteiger partial charge in [-0.05, 0) is 62.0 Å². The fraction of sp³-hybridized carbons (Fsp3) is 0.412. The minimum atomic E-state index is -0.391. The maximum Gasteiger partial charge on any atom is 0.258 e. The van der Waals surface area contributed by atoms with Crippen LogP contribution in [-0.4, -0.2) is 27.6 Å². The summed E-state index contributed by atoms with van der Waals surface area (Å²) in [5.74, 6) is 0.551. The summed E-state index contributed by atoms with van der Waals surface area (Å²) in [6.45, 7) is 1.82. The molecule has 1 heterocycles. The van der Waals surface area contributed by atoms with E-state index in [9.17, 15) is 9.90 Å². The first-order valence-electron chi connectivity index (χ1n) is 7.80. The van der Waals surface area contributed by atoms with Gasteiger partial charge in [-0.2, -0.15) is 4.37 Å². The molecule has 2 unspecified atom stereocenters. The van der Waals surface area contributed by atoms with E-state index < -0.39 is 6.10 Å². The molecule has 23 heavy (non-hydrogen) atoms. The molecule has 1 aliphatic carbocycles. The molecule has 1 saturated carbocycles. The van der Waals surface area contributed by atoms with Crippen LogP contribution in [0, 0.1) is 6.92 Å². The number of carbonyl (C=O) groups is 1. The van der Waals surface area contributed by atoms with Gasteiger partial charge in [0.25, 0.3) is 5.91 Å². The quantitative estimate of drug-likeness (QED) is 0.900. The van der Waals surface area contributed by atoms with Gasteiger partial charge in [-0.1, -0.05) is 6.42 Å². The molecule has 0 saturated heterocycles. The van der Waals surface area contributed by atoms with Crippen molar-refractivity contribution in [2.24, 2.45) is 0 Å². The fourth-order valence-electron chi connectivity index (χ4n) is 2.72. The Balaban J connectivity index is 1.61. The van der Waals surface area contributed by atoms with Gasteiger partial charge in [0, 0.05) is 11.1 Å². The number of aryl methyl sites for hydroxylation is 1. The Labute approximate surface area is 139 Å². The van der Waals surface area contributed by atoms with Gasteiger partial charge < -0.3 is 15.2 Å². The largest absolute Gasteiger partial charge is 0.488 e. The molecule has 5 nitrogen and oxygen atoms in total. The lowest BCUT2D eigenvalue weighted by Crippen LogP contribution is -2.34. The Bertz CT molecular complexity index is 669. The minimum Gasteiger partial charge on any atom is -0.488 e. The number of ether oxygens (including phenoxy) is 1. The summed E-state index contributed by atoms with van der Waals surface area (Å²) in [6.07, 6.45) is 3.30. The number of nitrogens with zero attached hydrogens (tertiary/aromatic N) is 1. The van der Waals surface area contributed by atoms with E-state index in [0.717, 1.165) is 31.4 Å². The Hall–Kier alpha value is -1.92. The average molecular weight is 332 g/mol. The van der Waals surface area contributed by atoms with E-state index in [2.05, 4.69) is 9.69 Å². The third-order valence-electron chi connectivity index (χ3n) is 4.06. The number of aliphatic hydroxyl groups excluding tert-OH is 1. The molecular weight excluding hydrogens is 312 g/mol. The summed E-state index contributed by atoms with van der Waals surface area (Å²) in [5, 5.41) is 14.5. The third kappa shape index (κ3) is 3.89. The van der Waals surface area contributed by atoms with E-state index >= 15 is 0 Å². The first-order chi connectivity index (χ1) is 11.1. The maximum absolute atomic E-state index is 12.1. The molecule has 1 aliphatic rings. The number of anilines is 1. The van der Waals surface area contributed by atoms with Gasteiger partial charge >= 0.3 is 0 Å². The number of aliphatic hydroxyl groups is 1. The van der Waals surface area contributed by atoms with Crippen molar-refractivity contribution in [1.82, 2.24) is 4.37 Å². The second-order valence-corrected chi connectivity index (χ2v) is 6.43. The number of nitrogens with one attached hydrogen (secondary N) is 1. The van der Waals surface area contributed by atoms with E-state index in [4.69, 9.17) is 4.74 Å². The van der Waals surface area contributed by atoms with Crippen molar-refractivity contribution in [3.05, 3.63) is 40.9 Å². The molecule has 0 aliphatic heterocycles. The number of amides is 1. The Morgan fingerprint density at radius 1 is 1.30 bits per heavy atom. The molecule has 1 amide bonds. The first-order valence-corrected chi connectivity index (χ1v) is 8.64. The minimum absolute atomic E-state index is 0.135. The van der Waals surface area contributed by atoms with Crippen LogP contribution in [-0.2, 0) is 0 Å². The normalized spacial score (nSPS) is 21.0. The molecule has 2 aromatic rings. The lowest BCUT2D eigenvalue weighted by molar-refractivity contribution is 0.00688. The van der Waals surface area contributed by atoms with E-state index in [0.29, 0.717) is 17.0 Å². The maximum atomic E-state index is 12.1. The number of hydrogen-bond donors (Lipinski definition) is 2. The van der Waals surface area contributed by atoms with Crippen LogP contribution < -0.4 is 10.1 Å². The molecule has 1 fully saturated rings. The molecular formula is C17H20N2O3S. The van der Waals surface area contributed by atoms with Gasteiger partial charge in [-0.3, -0.25) is 4.79 Å². The summed E-state index contributed by atoms with van der Waals surface area (Å²) in [5.41, 5.74) is 2.04. The zero-order valence-corrected chi connectivity index (χ0v) is 13.8. The van der Waals surface area contributed by atoms with Crippen LogP contribution in [0.15, 0.2) is 29.6 Å².